The summed E-state index contributed by atoms with van der Waals surface area (Å²) in [5.41, 5.74) is 4.98. The summed E-state index contributed by atoms with van der Waals surface area (Å²) in [4.78, 5) is 70.6. The Hall–Kier alpha value is -6.23. The first-order valence-corrected chi connectivity index (χ1v) is 19.6. The van der Waals surface area contributed by atoms with Gasteiger partial charge in [0.2, 0.25) is 23.6 Å². The van der Waals surface area contributed by atoms with Crippen molar-refractivity contribution in [3.8, 4) is 11.8 Å². The summed E-state index contributed by atoms with van der Waals surface area (Å²) in [5, 5.41) is 10.9. The zero-order chi connectivity index (χ0) is 40.1. The second kappa shape index (κ2) is 17.3. The Kier molecular flexibility index (Phi) is 11.8. The maximum atomic E-state index is 13.3. The molecular weight excluding hydrogens is 725 g/mol. The van der Waals surface area contributed by atoms with Gasteiger partial charge < -0.3 is 24.0 Å². The molecule has 5 heterocycles. The summed E-state index contributed by atoms with van der Waals surface area (Å²) in [6.07, 6.45) is 9.71. The van der Waals surface area contributed by atoms with Gasteiger partial charge in [-0.3, -0.25) is 34.0 Å². The Morgan fingerprint density at radius 3 is 2.44 bits per heavy atom. The molecule has 3 aliphatic rings. The molecule has 2 aromatic carbocycles. The minimum absolute atomic E-state index is 0.0404. The maximum absolute atomic E-state index is 13.3. The lowest BCUT2D eigenvalue weighted by atomic mass is 9.90. The number of fused-ring (bicyclic) bond motifs is 1. The highest BCUT2D eigenvalue weighted by atomic mass is 16.3. The van der Waals surface area contributed by atoms with E-state index in [1.165, 1.54) is 4.90 Å². The number of imide groups is 1. The second-order valence-corrected chi connectivity index (χ2v) is 15.1. The van der Waals surface area contributed by atoms with Crippen LogP contribution in [0.25, 0.3) is 16.5 Å². The molecule has 2 aromatic heterocycles. The molecule has 0 saturated carbocycles. The van der Waals surface area contributed by atoms with Gasteiger partial charge in [-0.2, -0.15) is 0 Å². The first kappa shape index (κ1) is 39.0. The molecule has 2 fully saturated rings. The summed E-state index contributed by atoms with van der Waals surface area (Å²) in [5.74, 6) is 5.73. The Morgan fingerprint density at radius 2 is 1.72 bits per heavy atom. The molecule has 0 bridgehead atoms. The minimum atomic E-state index is -0.310. The molecule has 3 aliphatic heterocycles. The average Bonchev–Trinajstić information content (AvgIpc) is 3.92. The summed E-state index contributed by atoms with van der Waals surface area (Å²) < 4.78 is 7.72. The van der Waals surface area contributed by atoms with E-state index >= 15 is 0 Å². The molecule has 4 aromatic rings. The normalized spacial score (nSPS) is 17.5. The molecular formula is C43H48N8O6. The van der Waals surface area contributed by atoms with Crippen molar-refractivity contribution < 1.29 is 28.4 Å². The van der Waals surface area contributed by atoms with E-state index in [9.17, 15) is 24.0 Å². The molecule has 14 heteroatoms. The second-order valence-electron chi connectivity index (χ2n) is 15.1. The number of benzene rings is 2. The van der Waals surface area contributed by atoms with E-state index < -0.39 is 0 Å². The fraction of sp³-hybridized carbons (Fsp3) is 0.419. The number of piperidine rings is 2. The van der Waals surface area contributed by atoms with E-state index in [0.29, 0.717) is 76.0 Å². The van der Waals surface area contributed by atoms with Crippen molar-refractivity contribution in [3.05, 3.63) is 83.4 Å². The van der Waals surface area contributed by atoms with E-state index in [4.69, 9.17) is 4.42 Å². The van der Waals surface area contributed by atoms with Crippen LogP contribution in [0.4, 0.5) is 5.69 Å². The summed E-state index contributed by atoms with van der Waals surface area (Å²) in [6, 6.07) is 13.9. The summed E-state index contributed by atoms with van der Waals surface area (Å²) >= 11 is 0. The Labute approximate surface area is 331 Å². The quantitative estimate of drug-likeness (QED) is 0.185. The third-order valence-corrected chi connectivity index (χ3v) is 11.1. The number of anilines is 1. The topological polar surface area (TPSA) is 154 Å². The lowest BCUT2D eigenvalue weighted by molar-refractivity contribution is -0.134. The smallest absolute Gasteiger partial charge is 0.289 e. The van der Waals surface area contributed by atoms with E-state index in [1.54, 1.807) is 37.2 Å². The molecule has 5 amide bonds. The first-order chi connectivity index (χ1) is 27.5. The molecule has 14 nitrogen and oxygen atoms in total. The standard InChI is InChI=1S/C43H48N8O6/c1-47(2)43(56)37-27-33-26-32(31-8-6-20-50(28-31)40(54)18-23-51-24-19-44-46-51)25-30(41(33)57-37)7-4-5-9-39(53)49-21-16-35(17-22-49)48(3)34-12-10-29(11-13-34)36-14-15-38(52)45-42(36)55/h8,10-13,19,24-27,35-36H,5-6,9,14-18,20-23,28H2,1-3H3,(H,45,52,55). The van der Waals surface area contributed by atoms with Gasteiger partial charge in [-0.1, -0.05) is 35.3 Å². The minimum Gasteiger partial charge on any atom is -0.450 e. The summed E-state index contributed by atoms with van der Waals surface area (Å²) in [6.45, 7) is 2.85. The molecule has 7 rings (SSSR count). The fourth-order valence-electron chi connectivity index (χ4n) is 7.80. The van der Waals surface area contributed by atoms with Gasteiger partial charge in [0, 0.05) is 96.3 Å². The number of furan rings is 1. The monoisotopic (exact) mass is 772 g/mol. The lowest BCUT2D eigenvalue weighted by Gasteiger charge is -2.38. The van der Waals surface area contributed by atoms with Crippen molar-refractivity contribution in [2.24, 2.45) is 0 Å². The largest absolute Gasteiger partial charge is 0.450 e. The van der Waals surface area contributed by atoms with Crippen LogP contribution in [0.3, 0.4) is 0 Å². The molecule has 1 N–H and O–H groups in total. The lowest BCUT2D eigenvalue weighted by Crippen LogP contribution is -2.45. The van der Waals surface area contributed by atoms with Gasteiger partial charge in [0.15, 0.2) is 11.3 Å². The van der Waals surface area contributed by atoms with Gasteiger partial charge in [0.1, 0.15) is 0 Å². The van der Waals surface area contributed by atoms with Gasteiger partial charge in [-0.25, -0.2) is 0 Å². The number of rotatable bonds is 10. The summed E-state index contributed by atoms with van der Waals surface area (Å²) in [7, 11) is 5.41. The van der Waals surface area contributed by atoms with E-state index in [0.717, 1.165) is 40.6 Å². The van der Waals surface area contributed by atoms with E-state index in [1.807, 2.05) is 46.2 Å². The number of amides is 5. The number of hydrogen-bond donors (Lipinski definition) is 1. The molecule has 1 unspecified atom stereocenters. The van der Waals surface area contributed by atoms with Crippen LogP contribution in [0, 0.1) is 11.8 Å². The Bertz CT molecular complexity index is 2240. The van der Waals surface area contributed by atoms with E-state index in [-0.39, 0.29) is 53.7 Å². The fourth-order valence-corrected chi connectivity index (χ4v) is 7.80. The van der Waals surface area contributed by atoms with Crippen LogP contribution in [0.1, 0.15) is 84.5 Å². The number of likely N-dealkylation sites (tertiary alicyclic amines) is 1. The van der Waals surface area contributed by atoms with Crippen LogP contribution in [0.15, 0.2) is 65.4 Å². The third-order valence-electron chi connectivity index (χ3n) is 11.1. The first-order valence-electron chi connectivity index (χ1n) is 19.6. The predicted octanol–water partition coefficient (Wildman–Crippen LogP) is 4.21. The highest BCUT2D eigenvalue weighted by Crippen LogP contribution is 2.31. The molecule has 0 radical (unpaired) electrons. The van der Waals surface area contributed by atoms with Crippen LogP contribution in [-0.2, 0) is 25.7 Å². The number of nitrogens with one attached hydrogen (secondary N) is 1. The number of carbonyl (C=O) groups excluding carboxylic acids is 5. The molecule has 1 atom stereocenters. The Balaban J connectivity index is 0.965. The van der Waals surface area contributed by atoms with Gasteiger partial charge >= 0.3 is 0 Å². The van der Waals surface area contributed by atoms with Crippen molar-refractivity contribution in [3.63, 3.8) is 0 Å². The molecule has 0 spiro atoms. The zero-order valence-electron chi connectivity index (χ0n) is 32.7. The predicted molar refractivity (Wildman–Crippen MR) is 214 cm³/mol. The van der Waals surface area contributed by atoms with Gasteiger partial charge in [0.25, 0.3) is 5.91 Å². The van der Waals surface area contributed by atoms with Crippen molar-refractivity contribution in [2.75, 3.05) is 52.2 Å². The molecule has 57 heavy (non-hydrogen) atoms. The van der Waals surface area contributed by atoms with Gasteiger partial charge in [-0.05, 0) is 72.7 Å². The van der Waals surface area contributed by atoms with Crippen LogP contribution in [-0.4, -0.2) is 113 Å². The SMILES string of the molecule is CN(C)C(=O)c1cc2cc(C3=CCCN(C(=O)CCn4ccnn4)C3)cc(C#CCCC(=O)N3CCC(N(C)c4ccc(C5CCC(=O)NC5=O)cc4)CC3)c2o1. The van der Waals surface area contributed by atoms with Crippen molar-refractivity contribution >= 4 is 51.8 Å². The van der Waals surface area contributed by atoms with Crippen LogP contribution < -0.4 is 10.2 Å². The number of nitrogens with zero attached hydrogens (tertiary/aromatic N) is 7. The molecule has 0 aliphatic carbocycles. The van der Waals surface area contributed by atoms with Gasteiger partial charge in [-0.15, -0.1) is 5.10 Å². The van der Waals surface area contributed by atoms with Crippen molar-refractivity contribution in [1.82, 2.24) is 35.0 Å². The van der Waals surface area contributed by atoms with Crippen molar-refractivity contribution in [1.29, 1.82) is 0 Å². The third kappa shape index (κ3) is 9.09. The maximum Gasteiger partial charge on any atom is 0.289 e. The number of aryl methyl sites for hydroxylation is 1. The number of aromatic nitrogens is 3. The molecule has 2 saturated heterocycles. The van der Waals surface area contributed by atoms with Gasteiger partial charge in [0.05, 0.1) is 24.2 Å². The van der Waals surface area contributed by atoms with Crippen LogP contribution >= 0.6 is 0 Å². The Morgan fingerprint density at radius 1 is 0.947 bits per heavy atom. The van der Waals surface area contributed by atoms with E-state index in [2.05, 4.69) is 45.5 Å². The average molecular weight is 773 g/mol. The van der Waals surface area contributed by atoms with Crippen LogP contribution in [0.5, 0.6) is 0 Å². The highest BCUT2D eigenvalue weighted by molar-refractivity contribution is 6.01. The van der Waals surface area contributed by atoms with Crippen molar-refractivity contribution in [2.45, 2.75) is 69.9 Å². The highest BCUT2D eigenvalue weighted by Gasteiger charge is 2.29. The number of hydrogen-bond acceptors (Lipinski definition) is 9. The zero-order valence-corrected chi connectivity index (χ0v) is 32.7. The molecule has 296 valence electrons. The number of carbonyl (C=O) groups is 5. The van der Waals surface area contributed by atoms with Crippen LogP contribution in [0.2, 0.25) is 0 Å².